The van der Waals surface area contributed by atoms with E-state index in [-0.39, 0.29) is 24.0 Å². The lowest BCUT2D eigenvalue weighted by Crippen LogP contribution is -2.35. The molecule has 1 aromatic carbocycles. The summed E-state index contributed by atoms with van der Waals surface area (Å²) < 4.78 is 5.67. The minimum atomic E-state index is 0. The van der Waals surface area contributed by atoms with Crippen LogP contribution >= 0.6 is 35.6 Å². The normalized spacial score (nSPS) is 16.5. The zero-order valence-corrected chi connectivity index (χ0v) is 13.9. The van der Waals surface area contributed by atoms with Crippen LogP contribution in [-0.4, -0.2) is 37.6 Å². The second kappa shape index (κ2) is 6.17. The molecule has 19 heavy (non-hydrogen) atoms. The number of benzene rings is 1. The van der Waals surface area contributed by atoms with Gasteiger partial charge in [0, 0.05) is 37.1 Å². The standard InChI is InChI=1S/C13H16ClN3O.HI/c1-17-4-3-15-13(17)16-8-10-7-11(14)6-9-2-5-18-12(9)10;/h6-7H,2-5,8H2,1H3,(H,15,16);1H. The minimum absolute atomic E-state index is 0. The Bertz CT molecular complexity index is 507. The number of ether oxygens (including phenoxy) is 1. The van der Waals surface area contributed by atoms with E-state index in [4.69, 9.17) is 16.3 Å². The Labute approximate surface area is 135 Å². The zero-order chi connectivity index (χ0) is 12.5. The Morgan fingerprint density at radius 3 is 3.05 bits per heavy atom. The summed E-state index contributed by atoms with van der Waals surface area (Å²) in [6, 6.07) is 3.96. The third kappa shape index (κ3) is 3.08. The summed E-state index contributed by atoms with van der Waals surface area (Å²) in [6.45, 7) is 3.30. The first kappa shape index (κ1) is 14.7. The second-order valence-electron chi connectivity index (χ2n) is 4.63. The molecule has 0 amide bonds. The first-order chi connectivity index (χ1) is 8.74. The molecule has 2 aliphatic heterocycles. The molecule has 0 aliphatic carbocycles. The van der Waals surface area contributed by atoms with Gasteiger partial charge in [0.1, 0.15) is 5.75 Å². The van der Waals surface area contributed by atoms with Crippen molar-refractivity contribution in [3.63, 3.8) is 0 Å². The molecule has 0 fully saturated rings. The van der Waals surface area contributed by atoms with E-state index in [1.165, 1.54) is 5.56 Å². The van der Waals surface area contributed by atoms with Crippen molar-refractivity contribution in [2.24, 2.45) is 4.99 Å². The van der Waals surface area contributed by atoms with Crippen LogP contribution in [0.3, 0.4) is 0 Å². The van der Waals surface area contributed by atoms with Crippen LogP contribution in [0.15, 0.2) is 17.1 Å². The maximum Gasteiger partial charge on any atom is 0.194 e. The van der Waals surface area contributed by atoms with Crippen LogP contribution in [0.1, 0.15) is 11.1 Å². The molecule has 2 aliphatic rings. The highest BCUT2D eigenvalue weighted by Gasteiger charge is 2.18. The summed E-state index contributed by atoms with van der Waals surface area (Å²) in [5.41, 5.74) is 2.32. The highest BCUT2D eigenvalue weighted by atomic mass is 127. The molecule has 0 saturated heterocycles. The van der Waals surface area contributed by atoms with E-state index in [0.717, 1.165) is 48.4 Å². The highest BCUT2D eigenvalue weighted by Crippen LogP contribution is 2.32. The molecule has 2 heterocycles. The third-order valence-electron chi connectivity index (χ3n) is 3.32. The molecule has 0 spiro atoms. The Hall–Kier alpha value is -0.690. The van der Waals surface area contributed by atoms with E-state index >= 15 is 0 Å². The van der Waals surface area contributed by atoms with Gasteiger partial charge in [-0.3, -0.25) is 4.99 Å². The molecular weight excluding hydrogens is 377 g/mol. The summed E-state index contributed by atoms with van der Waals surface area (Å²) in [4.78, 5) is 6.52. The molecule has 0 bridgehead atoms. The number of aliphatic imine (C=N–C) groups is 1. The second-order valence-corrected chi connectivity index (χ2v) is 5.07. The van der Waals surface area contributed by atoms with E-state index in [2.05, 4.69) is 15.2 Å². The number of nitrogens with one attached hydrogen (secondary N) is 1. The van der Waals surface area contributed by atoms with Crippen molar-refractivity contribution in [1.82, 2.24) is 10.2 Å². The molecule has 3 rings (SSSR count). The maximum atomic E-state index is 6.13. The van der Waals surface area contributed by atoms with Crippen LogP contribution < -0.4 is 10.1 Å². The summed E-state index contributed by atoms with van der Waals surface area (Å²) >= 11 is 6.13. The van der Waals surface area contributed by atoms with E-state index < -0.39 is 0 Å². The summed E-state index contributed by atoms with van der Waals surface area (Å²) in [6.07, 6.45) is 0.948. The molecule has 104 valence electrons. The van der Waals surface area contributed by atoms with Gasteiger partial charge in [-0.05, 0) is 17.7 Å². The van der Waals surface area contributed by atoms with Crippen molar-refractivity contribution in [3.8, 4) is 5.75 Å². The van der Waals surface area contributed by atoms with Crippen molar-refractivity contribution in [3.05, 3.63) is 28.3 Å². The first-order valence-corrected chi connectivity index (χ1v) is 6.55. The van der Waals surface area contributed by atoms with E-state index in [9.17, 15) is 0 Å². The van der Waals surface area contributed by atoms with Gasteiger partial charge < -0.3 is 15.0 Å². The first-order valence-electron chi connectivity index (χ1n) is 6.17. The highest BCUT2D eigenvalue weighted by molar-refractivity contribution is 14.0. The zero-order valence-electron chi connectivity index (χ0n) is 10.8. The lowest BCUT2D eigenvalue weighted by molar-refractivity contribution is 0.353. The van der Waals surface area contributed by atoms with Gasteiger partial charge in [-0.25, -0.2) is 0 Å². The minimum Gasteiger partial charge on any atom is -0.493 e. The van der Waals surface area contributed by atoms with Gasteiger partial charge in [0.05, 0.1) is 13.2 Å². The van der Waals surface area contributed by atoms with Crippen LogP contribution in [-0.2, 0) is 13.0 Å². The number of hydrogen-bond donors (Lipinski definition) is 1. The Morgan fingerprint density at radius 1 is 1.47 bits per heavy atom. The fourth-order valence-electron chi connectivity index (χ4n) is 2.37. The molecule has 0 unspecified atom stereocenters. The number of hydrogen-bond acceptors (Lipinski definition) is 4. The van der Waals surface area contributed by atoms with Gasteiger partial charge in [0.2, 0.25) is 0 Å². The fraction of sp³-hybridized carbons (Fsp3) is 0.462. The predicted octanol–water partition coefficient (Wildman–Crippen LogP) is 2.28. The number of guanidine groups is 1. The summed E-state index contributed by atoms with van der Waals surface area (Å²) in [5, 5.41) is 4.12. The number of halogens is 2. The lowest BCUT2D eigenvalue weighted by Gasteiger charge is -2.16. The van der Waals surface area contributed by atoms with E-state index in [0.29, 0.717) is 6.54 Å². The predicted molar refractivity (Wildman–Crippen MR) is 87.8 cm³/mol. The van der Waals surface area contributed by atoms with Gasteiger partial charge in [0.25, 0.3) is 0 Å². The Morgan fingerprint density at radius 2 is 2.32 bits per heavy atom. The molecule has 4 nitrogen and oxygen atoms in total. The Balaban J connectivity index is 0.00000133. The lowest BCUT2D eigenvalue weighted by atomic mass is 10.1. The van der Waals surface area contributed by atoms with Gasteiger partial charge >= 0.3 is 0 Å². The fourth-order valence-corrected chi connectivity index (χ4v) is 2.64. The van der Waals surface area contributed by atoms with Crippen molar-refractivity contribution in [1.29, 1.82) is 0 Å². The molecule has 0 radical (unpaired) electrons. The number of likely N-dealkylation sites (N-methyl/N-ethyl adjacent to an activating group) is 1. The van der Waals surface area contributed by atoms with Crippen molar-refractivity contribution in [2.45, 2.75) is 13.0 Å². The quantitative estimate of drug-likeness (QED) is 0.783. The summed E-state index contributed by atoms with van der Waals surface area (Å²) in [7, 11) is 2.04. The topological polar surface area (TPSA) is 36.9 Å². The van der Waals surface area contributed by atoms with E-state index in [1.54, 1.807) is 0 Å². The SMILES string of the molecule is CN1CCN=C1NCc1cc(Cl)cc2c1OCC2.I. The molecular formula is C13H17ClIN3O. The monoisotopic (exact) mass is 393 g/mol. The van der Waals surface area contributed by atoms with E-state index in [1.807, 2.05) is 19.2 Å². The number of rotatable bonds is 2. The van der Waals surface area contributed by atoms with Crippen molar-refractivity contribution >= 4 is 41.5 Å². The van der Waals surface area contributed by atoms with Crippen molar-refractivity contribution in [2.75, 3.05) is 26.7 Å². The van der Waals surface area contributed by atoms with Crippen LogP contribution in [0.25, 0.3) is 0 Å². The third-order valence-corrected chi connectivity index (χ3v) is 3.54. The molecule has 1 aromatic rings. The molecule has 0 atom stereocenters. The molecule has 0 aromatic heterocycles. The molecule has 6 heteroatoms. The van der Waals surface area contributed by atoms with Crippen LogP contribution in [0, 0.1) is 0 Å². The van der Waals surface area contributed by atoms with Crippen LogP contribution in [0.5, 0.6) is 5.75 Å². The average molecular weight is 394 g/mol. The molecule has 0 saturated carbocycles. The Kier molecular flexibility index (Phi) is 4.78. The van der Waals surface area contributed by atoms with Gasteiger partial charge in [-0.15, -0.1) is 24.0 Å². The summed E-state index contributed by atoms with van der Waals surface area (Å²) in [5.74, 6) is 1.94. The maximum absolute atomic E-state index is 6.13. The molecule has 1 N–H and O–H groups in total. The van der Waals surface area contributed by atoms with Gasteiger partial charge in [0.15, 0.2) is 5.96 Å². The average Bonchev–Trinajstić information content (AvgIpc) is 2.94. The number of fused-ring (bicyclic) bond motifs is 1. The smallest absolute Gasteiger partial charge is 0.194 e. The van der Waals surface area contributed by atoms with Crippen molar-refractivity contribution < 1.29 is 4.74 Å². The largest absolute Gasteiger partial charge is 0.493 e. The van der Waals surface area contributed by atoms with Gasteiger partial charge in [-0.2, -0.15) is 0 Å². The van der Waals surface area contributed by atoms with Crippen LogP contribution in [0.2, 0.25) is 5.02 Å². The number of nitrogens with zero attached hydrogens (tertiary/aromatic N) is 2. The van der Waals surface area contributed by atoms with Gasteiger partial charge in [-0.1, -0.05) is 11.6 Å². The van der Waals surface area contributed by atoms with Crippen LogP contribution in [0.4, 0.5) is 0 Å².